The van der Waals surface area contributed by atoms with E-state index in [-0.39, 0.29) is 6.60 Å². The number of alkyl halides is 3. The number of hydrogen-bond acceptors (Lipinski definition) is 2. The SMILES string of the molecule is Fc1ccc(OC(=S)N2CCc3c([nH]c4ccc(Br)cc34)C2c2ccc(C(F)(F)F)cc2)cc1.[HH]. The van der Waals surface area contributed by atoms with Gasteiger partial charge in [-0.3, -0.25) is 0 Å². The molecule has 1 aliphatic heterocycles. The highest BCUT2D eigenvalue weighted by Gasteiger charge is 2.35. The minimum atomic E-state index is -4.43. The Kier molecular flexibility index (Phi) is 5.85. The molecule has 1 unspecified atom stereocenters. The van der Waals surface area contributed by atoms with Crippen LogP contribution in [-0.4, -0.2) is 21.6 Å². The van der Waals surface area contributed by atoms with Crippen LogP contribution in [0.15, 0.2) is 71.2 Å². The van der Waals surface area contributed by atoms with Crippen LogP contribution >= 0.6 is 28.1 Å². The molecule has 0 saturated carbocycles. The summed E-state index contributed by atoms with van der Waals surface area (Å²) in [6.07, 6.45) is -3.76. The van der Waals surface area contributed by atoms with E-state index in [0.717, 1.165) is 38.8 Å². The van der Waals surface area contributed by atoms with Gasteiger partial charge in [-0.15, -0.1) is 0 Å². The summed E-state index contributed by atoms with van der Waals surface area (Å²) in [5.74, 6) is -0.0170. The van der Waals surface area contributed by atoms with E-state index >= 15 is 0 Å². The number of benzene rings is 3. The molecule has 1 aliphatic rings. The van der Waals surface area contributed by atoms with Crippen molar-refractivity contribution < 1.29 is 23.7 Å². The third-order valence-corrected chi connectivity index (χ3v) is 6.71. The number of rotatable bonds is 2. The average Bonchev–Trinajstić information content (AvgIpc) is 3.17. The molecule has 0 amide bonds. The fraction of sp³-hybridized carbons (Fsp3) is 0.160. The van der Waals surface area contributed by atoms with Crippen molar-refractivity contribution in [1.82, 2.24) is 9.88 Å². The Morgan fingerprint density at radius 1 is 1.06 bits per heavy atom. The Morgan fingerprint density at radius 2 is 1.76 bits per heavy atom. The molecule has 3 aromatic carbocycles. The molecular weight excluding hydrogens is 532 g/mol. The second-order valence-corrected chi connectivity index (χ2v) is 9.26. The number of thiocarbonyl (C=S) groups is 1. The monoisotopic (exact) mass is 550 g/mol. The van der Waals surface area contributed by atoms with Crippen molar-refractivity contribution in [2.45, 2.75) is 18.6 Å². The highest BCUT2D eigenvalue weighted by Crippen LogP contribution is 2.40. The van der Waals surface area contributed by atoms with E-state index in [2.05, 4.69) is 20.9 Å². The maximum Gasteiger partial charge on any atom is 0.416 e. The number of H-pyrrole nitrogens is 1. The summed E-state index contributed by atoms with van der Waals surface area (Å²) >= 11 is 9.10. The lowest BCUT2D eigenvalue weighted by molar-refractivity contribution is -0.137. The summed E-state index contributed by atoms with van der Waals surface area (Å²) in [6.45, 7) is 0.498. The summed E-state index contributed by atoms with van der Waals surface area (Å²) < 4.78 is 59.6. The Hall–Kier alpha value is -2.91. The number of hydrogen-bond donors (Lipinski definition) is 1. The van der Waals surface area contributed by atoms with Crippen LogP contribution in [-0.2, 0) is 12.6 Å². The van der Waals surface area contributed by atoms with E-state index in [9.17, 15) is 17.6 Å². The van der Waals surface area contributed by atoms with Gasteiger partial charge in [0.15, 0.2) is 0 Å². The summed E-state index contributed by atoms with van der Waals surface area (Å²) in [5.41, 5.74) is 2.79. The Labute approximate surface area is 208 Å². The molecule has 1 N–H and O–H groups in total. The van der Waals surface area contributed by atoms with Crippen LogP contribution in [0.25, 0.3) is 10.9 Å². The van der Waals surface area contributed by atoms with Gasteiger partial charge in [0, 0.05) is 29.0 Å². The molecular formula is C25H19BrF4N2OS. The molecule has 1 atom stereocenters. The van der Waals surface area contributed by atoms with Gasteiger partial charge in [-0.2, -0.15) is 13.2 Å². The molecule has 4 aromatic rings. The molecule has 0 aliphatic carbocycles. The predicted molar refractivity (Wildman–Crippen MR) is 131 cm³/mol. The summed E-state index contributed by atoms with van der Waals surface area (Å²) in [5, 5.41) is 1.20. The van der Waals surface area contributed by atoms with Gasteiger partial charge in [0.05, 0.1) is 11.6 Å². The average molecular weight is 551 g/mol. The number of fused-ring (bicyclic) bond motifs is 3. The zero-order valence-electron chi connectivity index (χ0n) is 17.5. The smallest absolute Gasteiger partial charge is 0.416 e. The fourth-order valence-electron chi connectivity index (χ4n) is 4.32. The molecule has 0 bridgehead atoms. The van der Waals surface area contributed by atoms with Gasteiger partial charge >= 0.3 is 6.18 Å². The van der Waals surface area contributed by atoms with Gasteiger partial charge < -0.3 is 14.6 Å². The molecule has 3 nitrogen and oxygen atoms in total. The number of nitrogens with one attached hydrogen (secondary N) is 1. The van der Waals surface area contributed by atoms with Crippen molar-refractivity contribution in [3.63, 3.8) is 0 Å². The summed E-state index contributed by atoms with van der Waals surface area (Å²) in [4.78, 5) is 5.28. The summed E-state index contributed by atoms with van der Waals surface area (Å²) in [6, 6.07) is 16.0. The second kappa shape index (κ2) is 8.70. The zero-order valence-corrected chi connectivity index (χ0v) is 19.9. The zero-order chi connectivity index (χ0) is 24.0. The van der Waals surface area contributed by atoms with E-state index in [1.165, 1.54) is 36.4 Å². The largest absolute Gasteiger partial charge is 0.432 e. The number of halogens is 5. The van der Waals surface area contributed by atoms with Crippen molar-refractivity contribution in [2.75, 3.05) is 6.54 Å². The Bertz CT molecular complexity index is 1370. The van der Waals surface area contributed by atoms with Crippen molar-refractivity contribution in [3.05, 3.63) is 99.4 Å². The van der Waals surface area contributed by atoms with Crippen LogP contribution in [0.2, 0.25) is 0 Å². The normalized spacial score (nSPS) is 15.9. The van der Waals surface area contributed by atoms with Crippen LogP contribution in [0, 0.1) is 5.82 Å². The predicted octanol–water partition coefficient (Wildman–Crippen LogP) is 7.65. The number of ether oxygens (including phenoxy) is 1. The first kappa shape index (κ1) is 22.9. The molecule has 1 aromatic heterocycles. The van der Waals surface area contributed by atoms with Crippen LogP contribution in [0.1, 0.15) is 29.9 Å². The van der Waals surface area contributed by atoms with E-state index in [1.807, 2.05) is 23.1 Å². The lowest BCUT2D eigenvalue weighted by Crippen LogP contribution is -2.42. The van der Waals surface area contributed by atoms with Crippen LogP contribution < -0.4 is 4.74 Å². The van der Waals surface area contributed by atoms with Crippen LogP contribution in [0.3, 0.4) is 0 Å². The van der Waals surface area contributed by atoms with Crippen LogP contribution in [0.5, 0.6) is 5.75 Å². The minimum absolute atomic E-state index is 0. The number of aromatic nitrogens is 1. The van der Waals surface area contributed by atoms with Crippen molar-refractivity contribution in [2.24, 2.45) is 0 Å². The van der Waals surface area contributed by atoms with Gasteiger partial charge in [0.2, 0.25) is 0 Å². The van der Waals surface area contributed by atoms with Gasteiger partial charge in [-0.05, 0) is 84.4 Å². The summed E-state index contributed by atoms with van der Waals surface area (Å²) in [7, 11) is 0. The minimum Gasteiger partial charge on any atom is -0.432 e. The van der Waals surface area contributed by atoms with E-state index in [0.29, 0.717) is 24.3 Å². The maximum atomic E-state index is 13.3. The lowest BCUT2D eigenvalue weighted by Gasteiger charge is -2.37. The first-order valence-corrected chi connectivity index (χ1v) is 11.6. The topological polar surface area (TPSA) is 28.3 Å². The fourth-order valence-corrected chi connectivity index (χ4v) is 4.97. The van der Waals surface area contributed by atoms with Gasteiger partial charge in [0.1, 0.15) is 11.6 Å². The lowest BCUT2D eigenvalue weighted by atomic mass is 9.92. The highest BCUT2D eigenvalue weighted by molar-refractivity contribution is 9.10. The number of aromatic amines is 1. The quantitative estimate of drug-likeness (QED) is 0.205. The van der Waals surface area contributed by atoms with E-state index in [1.54, 1.807) is 0 Å². The standard InChI is InChI=1S/C25H17BrF4N2OS.H2/c26-16-5-10-21-20(13-16)19-11-12-32(24(34)33-18-8-6-17(27)7-9-18)23(22(19)31-21)14-1-3-15(4-2-14)25(28,29)30;/h1-10,13,23,31H,11-12H2;1H. The molecule has 9 heteroatoms. The molecule has 0 fully saturated rings. The van der Waals surface area contributed by atoms with Gasteiger partial charge in [-0.1, -0.05) is 28.1 Å². The highest BCUT2D eigenvalue weighted by atomic mass is 79.9. The first-order chi connectivity index (χ1) is 16.2. The van der Waals surface area contributed by atoms with Crippen molar-refractivity contribution in [3.8, 4) is 5.75 Å². The third kappa shape index (κ3) is 4.30. The second-order valence-electron chi connectivity index (χ2n) is 7.99. The van der Waals surface area contributed by atoms with Crippen molar-refractivity contribution >= 4 is 44.2 Å². The molecule has 0 radical (unpaired) electrons. The third-order valence-electron chi connectivity index (χ3n) is 5.90. The Balaban J connectivity index is 0.00000289. The Morgan fingerprint density at radius 3 is 2.44 bits per heavy atom. The molecule has 0 saturated heterocycles. The molecule has 176 valence electrons. The molecule has 0 spiro atoms. The molecule has 34 heavy (non-hydrogen) atoms. The van der Waals surface area contributed by atoms with Crippen molar-refractivity contribution in [1.29, 1.82) is 0 Å². The number of nitrogens with zero attached hydrogens (tertiary/aromatic N) is 1. The van der Waals surface area contributed by atoms with E-state index in [4.69, 9.17) is 17.0 Å². The first-order valence-electron chi connectivity index (χ1n) is 10.4. The maximum absolute atomic E-state index is 13.3. The van der Waals surface area contributed by atoms with Gasteiger partial charge in [-0.25, -0.2) is 4.39 Å². The van der Waals surface area contributed by atoms with E-state index < -0.39 is 23.6 Å². The van der Waals surface area contributed by atoms with Crippen LogP contribution in [0.4, 0.5) is 17.6 Å². The molecule has 5 rings (SSSR count). The van der Waals surface area contributed by atoms with Gasteiger partial charge in [0.25, 0.3) is 5.17 Å². The molecule has 2 heterocycles.